The zero-order chi connectivity index (χ0) is 14.5. The number of ether oxygens (including phenoxy) is 1. The lowest BCUT2D eigenvalue weighted by Crippen LogP contribution is -2.46. The summed E-state index contributed by atoms with van der Waals surface area (Å²) in [5, 5.41) is 5.60. The molecule has 0 unspecified atom stereocenters. The van der Waals surface area contributed by atoms with Crippen LogP contribution in [0.15, 0.2) is 42.5 Å². The van der Waals surface area contributed by atoms with Crippen molar-refractivity contribution in [1.82, 2.24) is 10.2 Å². The van der Waals surface area contributed by atoms with Gasteiger partial charge in [-0.15, -0.1) is 0 Å². The lowest BCUT2D eigenvalue weighted by atomic mass is 10.1. The lowest BCUT2D eigenvalue weighted by Gasteiger charge is -2.27. The predicted molar refractivity (Wildman–Crippen MR) is 83.5 cm³/mol. The van der Waals surface area contributed by atoms with Gasteiger partial charge in [0.2, 0.25) is 5.91 Å². The summed E-state index contributed by atoms with van der Waals surface area (Å²) in [4.78, 5) is 13.9. The van der Waals surface area contributed by atoms with Crippen LogP contribution in [0.2, 0.25) is 0 Å². The number of piperazine rings is 1. The zero-order valence-electron chi connectivity index (χ0n) is 12.0. The zero-order valence-corrected chi connectivity index (χ0v) is 12.0. The van der Waals surface area contributed by atoms with Crippen LogP contribution >= 0.6 is 0 Å². The van der Waals surface area contributed by atoms with Crippen LogP contribution in [0.3, 0.4) is 0 Å². The Hall–Kier alpha value is -2.07. The molecule has 0 saturated carbocycles. The number of fused-ring (bicyclic) bond motifs is 1. The lowest BCUT2D eigenvalue weighted by molar-refractivity contribution is -0.132. The van der Waals surface area contributed by atoms with Crippen molar-refractivity contribution in [3.05, 3.63) is 42.5 Å². The van der Waals surface area contributed by atoms with Crippen molar-refractivity contribution < 1.29 is 9.53 Å². The standard InChI is InChI=1S/C17H20N2O2/c20-17(19-10-8-18-9-11-19)7-12-21-16-6-5-14-3-1-2-4-15(14)13-16/h1-6,13,18H,7-12H2. The molecule has 0 atom stereocenters. The molecule has 1 saturated heterocycles. The van der Waals surface area contributed by atoms with Crippen LogP contribution in [0.5, 0.6) is 5.75 Å². The second kappa shape index (κ2) is 6.59. The number of hydrogen-bond acceptors (Lipinski definition) is 3. The Morgan fingerprint density at radius 3 is 2.67 bits per heavy atom. The second-order valence-electron chi connectivity index (χ2n) is 5.24. The molecule has 1 N–H and O–H groups in total. The fourth-order valence-corrected chi connectivity index (χ4v) is 2.59. The van der Waals surface area contributed by atoms with Crippen molar-refractivity contribution in [1.29, 1.82) is 0 Å². The van der Waals surface area contributed by atoms with E-state index in [0.29, 0.717) is 13.0 Å². The third-order valence-corrected chi connectivity index (χ3v) is 3.78. The van der Waals surface area contributed by atoms with E-state index in [1.54, 1.807) is 0 Å². The molecule has 4 nitrogen and oxygen atoms in total. The molecule has 1 aliphatic rings. The highest BCUT2D eigenvalue weighted by molar-refractivity contribution is 5.83. The predicted octanol–water partition coefficient (Wildman–Crippen LogP) is 2.04. The monoisotopic (exact) mass is 284 g/mol. The van der Waals surface area contributed by atoms with Gasteiger partial charge in [0.15, 0.2) is 0 Å². The van der Waals surface area contributed by atoms with Gasteiger partial charge < -0.3 is 15.0 Å². The first-order valence-corrected chi connectivity index (χ1v) is 7.43. The van der Waals surface area contributed by atoms with Crippen molar-refractivity contribution in [2.24, 2.45) is 0 Å². The average Bonchev–Trinajstić information content (AvgIpc) is 2.55. The quantitative estimate of drug-likeness (QED) is 0.934. The van der Waals surface area contributed by atoms with Gasteiger partial charge in [0.25, 0.3) is 0 Å². The van der Waals surface area contributed by atoms with Crippen molar-refractivity contribution in [3.8, 4) is 5.75 Å². The molecule has 0 aliphatic carbocycles. The molecule has 2 aromatic carbocycles. The van der Waals surface area contributed by atoms with E-state index in [-0.39, 0.29) is 5.91 Å². The van der Waals surface area contributed by atoms with E-state index in [0.717, 1.165) is 37.3 Å². The van der Waals surface area contributed by atoms with Crippen LogP contribution in [0.4, 0.5) is 0 Å². The summed E-state index contributed by atoms with van der Waals surface area (Å²) in [7, 11) is 0. The van der Waals surface area contributed by atoms with Crippen molar-refractivity contribution >= 4 is 16.7 Å². The third-order valence-electron chi connectivity index (χ3n) is 3.78. The molecular weight excluding hydrogens is 264 g/mol. The molecule has 1 aliphatic heterocycles. The van der Waals surface area contributed by atoms with Crippen molar-refractivity contribution in [2.75, 3.05) is 32.8 Å². The number of hydrogen-bond donors (Lipinski definition) is 1. The highest BCUT2D eigenvalue weighted by Crippen LogP contribution is 2.20. The summed E-state index contributed by atoms with van der Waals surface area (Å²) in [6.45, 7) is 3.80. The molecule has 110 valence electrons. The topological polar surface area (TPSA) is 41.6 Å². The van der Waals surface area contributed by atoms with Gasteiger partial charge in [0, 0.05) is 26.2 Å². The van der Waals surface area contributed by atoms with E-state index in [9.17, 15) is 4.79 Å². The van der Waals surface area contributed by atoms with Gasteiger partial charge >= 0.3 is 0 Å². The first-order chi connectivity index (χ1) is 10.3. The molecular formula is C17H20N2O2. The Kier molecular flexibility index (Phi) is 4.36. The Balaban J connectivity index is 1.53. The molecule has 4 heteroatoms. The second-order valence-corrected chi connectivity index (χ2v) is 5.24. The summed E-state index contributed by atoms with van der Waals surface area (Å²) in [6, 6.07) is 14.2. The minimum atomic E-state index is 0.178. The summed E-state index contributed by atoms with van der Waals surface area (Å²) in [5.41, 5.74) is 0. The van der Waals surface area contributed by atoms with Crippen LogP contribution in [0.25, 0.3) is 10.8 Å². The highest BCUT2D eigenvalue weighted by atomic mass is 16.5. The van der Waals surface area contributed by atoms with Gasteiger partial charge in [0.05, 0.1) is 13.0 Å². The molecule has 0 spiro atoms. The fraction of sp³-hybridized carbons (Fsp3) is 0.353. The van der Waals surface area contributed by atoms with Gasteiger partial charge in [-0.25, -0.2) is 0 Å². The smallest absolute Gasteiger partial charge is 0.226 e. The molecule has 1 amide bonds. The maximum Gasteiger partial charge on any atom is 0.226 e. The minimum Gasteiger partial charge on any atom is -0.493 e. The average molecular weight is 284 g/mol. The molecule has 21 heavy (non-hydrogen) atoms. The third kappa shape index (κ3) is 3.52. The largest absolute Gasteiger partial charge is 0.493 e. The minimum absolute atomic E-state index is 0.178. The molecule has 1 fully saturated rings. The number of carbonyl (C=O) groups is 1. The first-order valence-electron chi connectivity index (χ1n) is 7.43. The van der Waals surface area contributed by atoms with Gasteiger partial charge in [-0.3, -0.25) is 4.79 Å². The molecule has 1 heterocycles. The summed E-state index contributed by atoms with van der Waals surface area (Å²) >= 11 is 0. The maximum absolute atomic E-state index is 12.0. The number of amides is 1. The molecule has 0 bridgehead atoms. The Labute approximate surface area is 124 Å². The number of rotatable bonds is 4. The van der Waals surface area contributed by atoms with Crippen LogP contribution in [-0.2, 0) is 4.79 Å². The first kappa shape index (κ1) is 13.9. The van der Waals surface area contributed by atoms with E-state index in [2.05, 4.69) is 17.4 Å². The summed E-state index contributed by atoms with van der Waals surface area (Å²) < 4.78 is 5.71. The van der Waals surface area contributed by atoms with Crippen LogP contribution in [-0.4, -0.2) is 43.6 Å². The maximum atomic E-state index is 12.0. The summed E-state index contributed by atoms with van der Waals surface area (Å²) in [6.07, 6.45) is 0.437. The molecule has 3 rings (SSSR count). The van der Waals surface area contributed by atoms with E-state index < -0.39 is 0 Å². The van der Waals surface area contributed by atoms with Crippen LogP contribution in [0, 0.1) is 0 Å². The van der Waals surface area contributed by atoms with E-state index in [4.69, 9.17) is 4.74 Å². The van der Waals surface area contributed by atoms with E-state index >= 15 is 0 Å². The van der Waals surface area contributed by atoms with Crippen LogP contribution in [0.1, 0.15) is 6.42 Å². The molecule has 0 radical (unpaired) electrons. The SMILES string of the molecule is O=C(CCOc1ccc2ccccc2c1)N1CCNCC1. The van der Waals surface area contributed by atoms with Gasteiger partial charge in [-0.05, 0) is 22.9 Å². The Morgan fingerprint density at radius 1 is 1.10 bits per heavy atom. The van der Waals surface area contributed by atoms with Gasteiger partial charge in [-0.2, -0.15) is 0 Å². The van der Waals surface area contributed by atoms with Crippen LogP contribution < -0.4 is 10.1 Å². The summed E-state index contributed by atoms with van der Waals surface area (Å²) in [5.74, 6) is 0.999. The van der Waals surface area contributed by atoms with E-state index in [1.807, 2.05) is 35.2 Å². The Bertz CT molecular complexity index is 621. The number of benzene rings is 2. The van der Waals surface area contributed by atoms with Crippen molar-refractivity contribution in [3.63, 3.8) is 0 Å². The Morgan fingerprint density at radius 2 is 1.86 bits per heavy atom. The van der Waals surface area contributed by atoms with Crippen molar-refractivity contribution in [2.45, 2.75) is 6.42 Å². The normalized spacial score (nSPS) is 15.1. The highest BCUT2D eigenvalue weighted by Gasteiger charge is 2.15. The molecule has 2 aromatic rings. The number of nitrogens with one attached hydrogen (secondary N) is 1. The number of carbonyl (C=O) groups excluding carboxylic acids is 1. The van der Waals surface area contributed by atoms with Gasteiger partial charge in [0.1, 0.15) is 5.75 Å². The van der Waals surface area contributed by atoms with Gasteiger partial charge in [-0.1, -0.05) is 30.3 Å². The number of nitrogens with zero attached hydrogens (tertiary/aromatic N) is 1. The van der Waals surface area contributed by atoms with E-state index in [1.165, 1.54) is 5.39 Å². The molecule has 0 aromatic heterocycles. The fourth-order valence-electron chi connectivity index (χ4n) is 2.59.